The van der Waals surface area contributed by atoms with E-state index in [0.29, 0.717) is 5.82 Å². The molecule has 1 unspecified atom stereocenters. The highest BCUT2D eigenvalue weighted by atomic mass is 16.1. The average molecular weight is 275 g/mol. The summed E-state index contributed by atoms with van der Waals surface area (Å²) in [5.74, 6) is 0.380. The number of anilines is 1. The lowest BCUT2D eigenvalue weighted by Gasteiger charge is -2.13. The first-order chi connectivity index (χ1) is 9.27. The number of primary amides is 1. The molecule has 2 aromatic heterocycles. The second-order valence-corrected chi connectivity index (χ2v) is 6.10. The zero-order chi connectivity index (χ0) is 14.9. The third-order valence-electron chi connectivity index (χ3n) is 3.05. The lowest BCUT2D eigenvalue weighted by atomic mass is 9.92. The first-order valence-corrected chi connectivity index (χ1v) is 6.67. The second kappa shape index (κ2) is 5.11. The molecular weight excluding hydrogens is 254 g/mol. The van der Waals surface area contributed by atoms with Gasteiger partial charge in [0.05, 0.1) is 5.69 Å². The highest BCUT2D eigenvalue weighted by Gasteiger charge is 2.19. The number of carbonyl (C=O) groups excluding carboxylic acids is 1. The number of hydrogen-bond donors (Lipinski definition) is 2. The van der Waals surface area contributed by atoms with Crippen LogP contribution >= 0.6 is 0 Å². The van der Waals surface area contributed by atoms with Gasteiger partial charge in [-0.05, 0) is 13.0 Å². The van der Waals surface area contributed by atoms with Crippen molar-refractivity contribution in [3.63, 3.8) is 0 Å². The molecule has 0 aliphatic heterocycles. The lowest BCUT2D eigenvalue weighted by molar-refractivity contribution is -0.118. The van der Waals surface area contributed by atoms with Crippen LogP contribution in [0, 0.1) is 0 Å². The Hall–Kier alpha value is -2.11. The smallest absolute Gasteiger partial charge is 0.219 e. The van der Waals surface area contributed by atoms with Crippen molar-refractivity contribution in [2.75, 3.05) is 5.32 Å². The fraction of sp³-hybridized carbons (Fsp3) is 0.500. The maximum absolute atomic E-state index is 10.9. The molecule has 20 heavy (non-hydrogen) atoms. The van der Waals surface area contributed by atoms with E-state index in [2.05, 4.69) is 36.2 Å². The lowest BCUT2D eigenvalue weighted by Crippen LogP contribution is -2.24. The molecule has 2 rings (SSSR count). The summed E-state index contributed by atoms with van der Waals surface area (Å²) in [7, 11) is 0. The van der Waals surface area contributed by atoms with Crippen LogP contribution in [-0.4, -0.2) is 26.5 Å². The van der Waals surface area contributed by atoms with E-state index in [0.717, 1.165) is 11.2 Å². The minimum atomic E-state index is -0.333. The Labute approximate surface area is 118 Å². The summed E-state index contributed by atoms with van der Waals surface area (Å²) in [5, 5.41) is 7.77. The largest absolute Gasteiger partial charge is 0.370 e. The zero-order valence-corrected chi connectivity index (χ0v) is 12.3. The Morgan fingerprint density at radius 2 is 2.20 bits per heavy atom. The number of carbonyl (C=O) groups is 1. The summed E-state index contributed by atoms with van der Waals surface area (Å²) in [4.78, 5) is 15.3. The third kappa shape index (κ3) is 3.07. The van der Waals surface area contributed by atoms with Crippen LogP contribution < -0.4 is 11.1 Å². The van der Waals surface area contributed by atoms with Crippen LogP contribution in [0.15, 0.2) is 18.5 Å². The van der Waals surface area contributed by atoms with Gasteiger partial charge in [0, 0.05) is 30.3 Å². The van der Waals surface area contributed by atoms with E-state index >= 15 is 0 Å². The maximum atomic E-state index is 10.9. The first-order valence-electron chi connectivity index (χ1n) is 6.67. The molecule has 6 nitrogen and oxygen atoms in total. The van der Waals surface area contributed by atoms with Gasteiger partial charge >= 0.3 is 0 Å². The SMILES string of the molecule is CC(CC(N)=O)Nc1nccn2nc(C(C)(C)C)cc12. The molecule has 0 aromatic carbocycles. The topological polar surface area (TPSA) is 85.3 Å². The van der Waals surface area contributed by atoms with E-state index in [9.17, 15) is 4.79 Å². The summed E-state index contributed by atoms with van der Waals surface area (Å²) in [5.41, 5.74) is 7.07. The fourth-order valence-electron chi connectivity index (χ4n) is 1.99. The maximum Gasteiger partial charge on any atom is 0.219 e. The van der Waals surface area contributed by atoms with Crippen LogP contribution in [0.4, 0.5) is 5.82 Å². The minimum Gasteiger partial charge on any atom is -0.370 e. The van der Waals surface area contributed by atoms with Gasteiger partial charge in [-0.15, -0.1) is 0 Å². The molecule has 0 fully saturated rings. The number of nitrogens with zero attached hydrogens (tertiary/aromatic N) is 3. The zero-order valence-electron chi connectivity index (χ0n) is 12.3. The number of hydrogen-bond acceptors (Lipinski definition) is 4. The molecule has 6 heteroatoms. The normalized spacial score (nSPS) is 13.4. The molecule has 1 amide bonds. The van der Waals surface area contributed by atoms with Gasteiger partial charge in [-0.2, -0.15) is 5.10 Å². The van der Waals surface area contributed by atoms with Crippen molar-refractivity contribution in [3.8, 4) is 0 Å². The van der Waals surface area contributed by atoms with Crippen LogP contribution in [0.5, 0.6) is 0 Å². The highest BCUT2D eigenvalue weighted by molar-refractivity contribution is 5.75. The van der Waals surface area contributed by atoms with Crippen molar-refractivity contribution in [2.45, 2.75) is 45.6 Å². The van der Waals surface area contributed by atoms with Crippen LogP contribution in [0.25, 0.3) is 5.52 Å². The van der Waals surface area contributed by atoms with Crippen molar-refractivity contribution in [2.24, 2.45) is 5.73 Å². The van der Waals surface area contributed by atoms with Gasteiger partial charge in [0.2, 0.25) is 5.91 Å². The van der Waals surface area contributed by atoms with Gasteiger partial charge in [-0.3, -0.25) is 4.79 Å². The molecule has 108 valence electrons. The van der Waals surface area contributed by atoms with Crippen LogP contribution in [0.3, 0.4) is 0 Å². The highest BCUT2D eigenvalue weighted by Crippen LogP contribution is 2.24. The molecule has 0 radical (unpaired) electrons. The molecule has 2 heterocycles. The van der Waals surface area contributed by atoms with Gasteiger partial charge in [0.25, 0.3) is 0 Å². The summed E-state index contributed by atoms with van der Waals surface area (Å²) in [6.07, 6.45) is 3.77. The van der Waals surface area contributed by atoms with Crippen LogP contribution in [-0.2, 0) is 10.2 Å². The van der Waals surface area contributed by atoms with Crippen LogP contribution in [0.1, 0.15) is 39.8 Å². The summed E-state index contributed by atoms with van der Waals surface area (Å²) in [6, 6.07) is 1.95. The van der Waals surface area contributed by atoms with E-state index in [1.807, 2.05) is 19.2 Å². The van der Waals surface area contributed by atoms with Gasteiger partial charge in [0.15, 0.2) is 5.82 Å². The van der Waals surface area contributed by atoms with Gasteiger partial charge in [-0.25, -0.2) is 9.50 Å². The van der Waals surface area contributed by atoms with Crippen molar-refractivity contribution < 1.29 is 4.79 Å². The van der Waals surface area contributed by atoms with E-state index in [1.54, 1.807) is 10.7 Å². The molecule has 0 saturated heterocycles. The fourth-order valence-corrected chi connectivity index (χ4v) is 1.99. The minimum absolute atomic E-state index is 0.0257. The number of nitrogens with two attached hydrogens (primary N) is 1. The summed E-state index contributed by atoms with van der Waals surface area (Å²) >= 11 is 0. The molecule has 1 atom stereocenters. The molecule has 0 bridgehead atoms. The van der Waals surface area contributed by atoms with Crippen LogP contribution in [0.2, 0.25) is 0 Å². The number of rotatable bonds is 4. The Balaban J connectivity index is 2.34. The van der Waals surface area contributed by atoms with E-state index in [4.69, 9.17) is 5.73 Å². The molecular formula is C14H21N5O. The average Bonchev–Trinajstić information content (AvgIpc) is 2.72. The van der Waals surface area contributed by atoms with Crippen molar-refractivity contribution in [1.29, 1.82) is 0 Å². The molecule has 0 aliphatic carbocycles. The molecule has 0 aliphatic rings. The first kappa shape index (κ1) is 14.3. The van der Waals surface area contributed by atoms with Crippen molar-refractivity contribution in [1.82, 2.24) is 14.6 Å². The number of aromatic nitrogens is 3. The van der Waals surface area contributed by atoms with Crippen molar-refractivity contribution >= 4 is 17.2 Å². The number of amides is 1. The van der Waals surface area contributed by atoms with Gasteiger partial charge in [0.1, 0.15) is 5.52 Å². The quantitative estimate of drug-likeness (QED) is 0.889. The Bertz CT molecular complexity index is 626. The third-order valence-corrected chi connectivity index (χ3v) is 3.05. The van der Waals surface area contributed by atoms with E-state index in [-0.39, 0.29) is 23.8 Å². The molecule has 0 saturated carbocycles. The summed E-state index contributed by atoms with van der Waals surface area (Å²) in [6.45, 7) is 8.25. The van der Waals surface area contributed by atoms with Gasteiger partial charge < -0.3 is 11.1 Å². The Morgan fingerprint density at radius 3 is 2.80 bits per heavy atom. The number of fused-ring (bicyclic) bond motifs is 1. The monoisotopic (exact) mass is 275 g/mol. The predicted octanol–water partition coefficient (Wildman–Crippen LogP) is 1.70. The summed E-state index contributed by atoms with van der Waals surface area (Å²) < 4.78 is 1.80. The van der Waals surface area contributed by atoms with E-state index < -0.39 is 0 Å². The van der Waals surface area contributed by atoms with Crippen molar-refractivity contribution in [3.05, 3.63) is 24.2 Å². The van der Waals surface area contributed by atoms with E-state index in [1.165, 1.54) is 0 Å². The Kier molecular flexibility index (Phi) is 3.65. The molecule has 0 spiro atoms. The standard InChI is InChI=1S/C14H21N5O/c1-9(7-12(15)20)17-13-10-8-11(14(2,3)4)18-19(10)6-5-16-13/h5-6,8-9H,7H2,1-4H3,(H2,15,20)(H,16,17). The van der Waals surface area contributed by atoms with Gasteiger partial charge in [-0.1, -0.05) is 20.8 Å². The number of nitrogens with one attached hydrogen (secondary N) is 1. The predicted molar refractivity (Wildman–Crippen MR) is 78.6 cm³/mol. The Morgan fingerprint density at radius 1 is 1.50 bits per heavy atom. The molecule has 3 N–H and O–H groups in total. The second-order valence-electron chi connectivity index (χ2n) is 6.10. The molecule has 2 aromatic rings.